The molecular weight excluding hydrogens is 292 g/mol. The molecule has 0 aliphatic carbocycles. The van der Waals surface area contributed by atoms with Gasteiger partial charge in [-0.05, 0) is 18.2 Å². The van der Waals surface area contributed by atoms with Crippen LogP contribution < -0.4 is 5.73 Å². The van der Waals surface area contributed by atoms with Gasteiger partial charge in [-0.1, -0.05) is 23.2 Å². The molecule has 0 fully saturated rings. The Balaban J connectivity index is 2.56. The molecule has 0 saturated heterocycles. The first kappa shape index (κ1) is 13.0. The summed E-state index contributed by atoms with van der Waals surface area (Å²) in [5, 5.41) is 7.18. The quantitative estimate of drug-likeness (QED) is 0.879. The Morgan fingerprint density at radius 3 is 2.39 bits per heavy atom. The molecule has 4 nitrogen and oxygen atoms in total. The van der Waals surface area contributed by atoms with Gasteiger partial charge in [0.25, 0.3) is 0 Å². The van der Waals surface area contributed by atoms with E-state index in [2.05, 4.69) is 10.2 Å². The summed E-state index contributed by atoms with van der Waals surface area (Å²) in [5.74, 6) is -0.724. The monoisotopic (exact) mass is 296 g/mol. The van der Waals surface area contributed by atoms with Crippen LogP contribution in [0.25, 0.3) is 5.69 Å². The van der Waals surface area contributed by atoms with Gasteiger partial charge in [0.2, 0.25) is 5.69 Å². The SMILES string of the molecule is Nc1nn(-c2cc(Cl)ccc2Cl)nc1C(F)(F)F. The molecule has 0 radical (unpaired) electrons. The van der Waals surface area contributed by atoms with Crippen LogP contribution in [0, 0.1) is 0 Å². The number of hydrogen-bond acceptors (Lipinski definition) is 3. The van der Waals surface area contributed by atoms with E-state index in [1.54, 1.807) is 0 Å². The number of aromatic nitrogens is 3. The average Bonchev–Trinajstić information content (AvgIpc) is 2.63. The topological polar surface area (TPSA) is 56.7 Å². The van der Waals surface area contributed by atoms with E-state index in [1.807, 2.05) is 0 Å². The highest BCUT2D eigenvalue weighted by molar-refractivity contribution is 6.34. The van der Waals surface area contributed by atoms with Gasteiger partial charge in [0.15, 0.2) is 5.82 Å². The Morgan fingerprint density at radius 1 is 1.17 bits per heavy atom. The van der Waals surface area contributed by atoms with E-state index in [1.165, 1.54) is 18.2 Å². The Morgan fingerprint density at radius 2 is 1.83 bits per heavy atom. The summed E-state index contributed by atoms with van der Waals surface area (Å²) in [6.45, 7) is 0. The van der Waals surface area contributed by atoms with Crippen molar-refractivity contribution in [2.45, 2.75) is 6.18 Å². The van der Waals surface area contributed by atoms with Crippen molar-refractivity contribution in [1.29, 1.82) is 0 Å². The van der Waals surface area contributed by atoms with Crippen molar-refractivity contribution in [2.75, 3.05) is 5.73 Å². The molecule has 0 aliphatic rings. The van der Waals surface area contributed by atoms with Crippen molar-refractivity contribution in [3.63, 3.8) is 0 Å². The summed E-state index contributed by atoms with van der Waals surface area (Å²) in [5.41, 5.74) is 4.01. The first-order chi connectivity index (χ1) is 8.29. The third-order valence-electron chi connectivity index (χ3n) is 2.03. The van der Waals surface area contributed by atoms with Crippen LogP contribution in [0.15, 0.2) is 18.2 Å². The number of alkyl halides is 3. The van der Waals surface area contributed by atoms with Crippen LogP contribution in [0.5, 0.6) is 0 Å². The third kappa shape index (κ3) is 2.37. The maximum Gasteiger partial charge on any atom is 0.438 e. The molecule has 96 valence electrons. The smallest absolute Gasteiger partial charge is 0.380 e. The lowest BCUT2D eigenvalue weighted by molar-refractivity contribution is -0.140. The number of nitrogen functional groups attached to an aromatic ring is 1. The molecule has 0 unspecified atom stereocenters. The highest BCUT2D eigenvalue weighted by atomic mass is 35.5. The van der Waals surface area contributed by atoms with Gasteiger partial charge in [-0.2, -0.15) is 13.2 Å². The van der Waals surface area contributed by atoms with Crippen LogP contribution in [0.1, 0.15) is 5.69 Å². The fourth-order valence-corrected chi connectivity index (χ4v) is 1.63. The summed E-state index contributed by atoms with van der Waals surface area (Å²) in [6, 6.07) is 4.25. The van der Waals surface area contributed by atoms with Crippen molar-refractivity contribution in [3.8, 4) is 5.69 Å². The minimum atomic E-state index is -4.67. The zero-order chi connectivity index (χ0) is 13.5. The van der Waals surface area contributed by atoms with Gasteiger partial charge in [-0.3, -0.25) is 0 Å². The van der Waals surface area contributed by atoms with E-state index < -0.39 is 17.7 Å². The normalized spacial score (nSPS) is 11.8. The zero-order valence-electron chi connectivity index (χ0n) is 8.54. The first-order valence-electron chi connectivity index (χ1n) is 4.54. The highest BCUT2D eigenvalue weighted by Crippen LogP contribution is 2.32. The first-order valence-corrected chi connectivity index (χ1v) is 5.30. The van der Waals surface area contributed by atoms with Crippen LogP contribution in [0.2, 0.25) is 10.0 Å². The predicted octanol–water partition coefficient (Wildman–Crippen LogP) is 3.18. The molecule has 1 heterocycles. The van der Waals surface area contributed by atoms with Crippen molar-refractivity contribution < 1.29 is 13.2 Å². The number of hydrogen-bond donors (Lipinski definition) is 1. The van der Waals surface area contributed by atoms with Gasteiger partial charge < -0.3 is 5.73 Å². The lowest BCUT2D eigenvalue weighted by Gasteiger charge is -2.03. The molecule has 18 heavy (non-hydrogen) atoms. The van der Waals surface area contributed by atoms with E-state index in [0.29, 0.717) is 9.82 Å². The number of benzene rings is 1. The minimum absolute atomic E-state index is 0.117. The lowest BCUT2D eigenvalue weighted by atomic mass is 10.3. The number of rotatable bonds is 1. The summed E-state index contributed by atoms with van der Waals surface area (Å²) < 4.78 is 37.5. The summed E-state index contributed by atoms with van der Waals surface area (Å²) >= 11 is 11.5. The van der Waals surface area contributed by atoms with Crippen molar-refractivity contribution in [3.05, 3.63) is 33.9 Å². The minimum Gasteiger partial charge on any atom is -0.380 e. The molecule has 0 bridgehead atoms. The van der Waals surface area contributed by atoms with E-state index >= 15 is 0 Å². The molecule has 1 aromatic carbocycles. The predicted molar refractivity (Wildman–Crippen MR) is 60.8 cm³/mol. The van der Waals surface area contributed by atoms with Gasteiger partial charge in [-0.15, -0.1) is 15.0 Å². The van der Waals surface area contributed by atoms with E-state index in [4.69, 9.17) is 28.9 Å². The van der Waals surface area contributed by atoms with E-state index in [-0.39, 0.29) is 10.7 Å². The van der Waals surface area contributed by atoms with Gasteiger partial charge in [0, 0.05) is 5.02 Å². The molecule has 0 aliphatic heterocycles. The molecule has 2 aromatic rings. The standard InChI is InChI=1S/C9H5Cl2F3N4/c10-4-1-2-5(11)6(3-4)18-16-7(8(15)17-18)9(12,13)14/h1-3H,(H2,15,17). The van der Waals surface area contributed by atoms with Crippen LogP contribution in [0.4, 0.5) is 19.0 Å². The molecular formula is C9H5Cl2F3N4. The van der Waals surface area contributed by atoms with Crippen molar-refractivity contribution >= 4 is 29.0 Å². The van der Waals surface area contributed by atoms with Gasteiger partial charge in [0.05, 0.1) is 5.02 Å². The van der Waals surface area contributed by atoms with Gasteiger partial charge >= 0.3 is 6.18 Å². The molecule has 2 N–H and O–H groups in total. The number of halogens is 5. The fraction of sp³-hybridized carbons (Fsp3) is 0.111. The fourth-order valence-electron chi connectivity index (χ4n) is 1.27. The Hall–Kier alpha value is -1.47. The maximum absolute atomic E-state index is 12.5. The molecule has 0 amide bonds. The zero-order valence-corrected chi connectivity index (χ0v) is 10.1. The summed E-state index contributed by atoms with van der Waals surface area (Å²) in [4.78, 5) is 0.701. The van der Waals surface area contributed by atoms with Crippen molar-refractivity contribution in [2.24, 2.45) is 0 Å². The van der Waals surface area contributed by atoms with E-state index in [0.717, 1.165) is 0 Å². The van der Waals surface area contributed by atoms with Crippen LogP contribution in [-0.2, 0) is 6.18 Å². The van der Waals surface area contributed by atoms with Crippen molar-refractivity contribution in [1.82, 2.24) is 15.0 Å². The second-order valence-corrected chi connectivity index (χ2v) is 4.16. The molecule has 0 saturated carbocycles. The average molecular weight is 297 g/mol. The maximum atomic E-state index is 12.5. The number of anilines is 1. The highest BCUT2D eigenvalue weighted by Gasteiger charge is 2.38. The second-order valence-electron chi connectivity index (χ2n) is 3.32. The molecule has 1 aromatic heterocycles. The Labute approximate surface area is 109 Å². The van der Waals surface area contributed by atoms with Gasteiger partial charge in [0.1, 0.15) is 5.69 Å². The summed E-state index contributed by atoms with van der Waals surface area (Å²) in [7, 11) is 0. The third-order valence-corrected chi connectivity index (χ3v) is 2.59. The lowest BCUT2D eigenvalue weighted by Crippen LogP contribution is -2.09. The number of nitrogens with zero attached hydrogens (tertiary/aromatic N) is 3. The Bertz CT molecular complexity index is 594. The van der Waals surface area contributed by atoms with E-state index in [9.17, 15) is 13.2 Å². The van der Waals surface area contributed by atoms with Crippen LogP contribution in [0.3, 0.4) is 0 Å². The molecule has 9 heteroatoms. The molecule has 2 rings (SSSR count). The Kier molecular flexibility index (Phi) is 3.12. The molecule has 0 spiro atoms. The van der Waals surface area contributed by atoms with Gasteiger partial charge in [-0.25, -0.2) is 0 Å². The summed E-state index contributed by atoms with van der Waals surface area (Å²) in [6.07, 6.45) is -4.67. The van der Waals surface area contributed by atoms with Crippen LogP contribution in [-0.4, -0.2) is 15.0 Å². The largest absolute Gasteiger partial charge is 0.438 e. The number of nitrogens with two attached hydrogens (primary N) is 1. The molecule has 0 atom stereocenters. The van der Waals surface area contributed by atoms with Crippen LogP contribution >= 0.6 is 23.2 Å². The second kappa shape index (κ2) is 4.33.